The van der Waals surface area contributed by atoms with E-state index in [0.717, 1.165) is 12.0 Å². The Morgan fingerprint density at radius 1 is 1.26 bits per heavy atom. The fourth-order valence-electron chi connectivity index (χ4n) is 1.95. The number of hydrogen-bond donors (Lipinski definition) is 2. The maximum absolute atomic E-state index is 11.9. The number of aryl methyl sites for hydroxylation is 1. The minimum atomic E-state index is 0. The van der Waals surface area contributed by atoms with E-state index in [1.54, 1.807) is 0 Å². The molecule has 0 fully saturated rings. The number of carbonyl (C=O) groups excluding carboxylic acids is 1. The van der Waals surface area contributed by atoms with Gasteiger partial charge in [0.2, 0.25) is 5.91 Å². The van der Waals surface area contributed by atoms with Crippen LogP contribution in [0, 0.1) is 12.8 Å². The molecular formula is C15H25ClN2O. The zero-order valence-electron chi connectivity index (χ0n) is 12.0. The molecule has 108 valence electrons. The Hall–Kier alpha value is -1.06. The van der Waals surface area contributed by atoms with E-state index in [1.165, 1.54) is 5.56 Å². The lowest BCUT2D eigenvalue weighted by molar-refractivity contribution is -0.121. The first-order valence-electron chi connectivity index (χ1n) is 6.56. The van der Waals surface area contributed by atoms with Crippen LogP contribution >= 0.6 is 12.4 Å². The molecule has 1 atom stereocenters. The van der Waals surface area contributed by atoms with Crippen LogP contribution < -0.4 is 11.1 Å². The standard InChI is InChI=1S/C15H24N2O.ClH/c1-11(2)8-14(10-16)17-15(18)9-13-6-4-12(3)5-7-13;/h4-7,11,14H,8-10,16H2,1-3H3,(H,17,18);1H. The summed E-state index contributed by atoms with van der Waals surface area (Å²) in [6, 6.07) is 8.13. The van der Waals surface area contributed by atoms with E-state index < -0.39 is 0 Å². The van der Waals surface area contributed by atoms with Crippen molar-refractivity contribution in [1.29, 1.82) is 0 Å². The quantitative estimate of drug-likeness (QED) is 0.843. The van der Waals surface area contributed by atoms with E-state index in [1.807, 2.05) is 31.2 Å². The van der Waals surface area contributed by atoms with E-state index in [2.05, 4.69) is 19.2 Å². The van der Waals surface area contributed by atoms with E-state index in [9.17, 15) is 4.79 Å². The molecule has 1 rings (SSSR count). The highest BCUT2D eigenvalue weighted by Crippen LogP contribution is 2.06. The van der Waals surface area contributed by atoms with Crippen LogP contribution in [0.2, 0.25) is 0 Å². The van der Waals surface area contributed by atoms with Crippen molar-refractivity contribution >= 4 is 18.3 Å². The Bertz CT molecular complexity index is 376. The maximum Gasteiger partial charge on any atom is 0.224 e. The first-order chi connectivity index (χ1) is 8.51. The van der Waals surface area contributed by atoms with E-state index >= 15 is 0 Å². The minimum absolute atomic E-state index is 0. The topological polar surface area (TPSA) is 55.1 Å². The van der Waals surface area contributed by atoms with Gasteiger partial charge in [-0.2, -0.15) is 0 Å². The van der Waals surface area contributed by atoms with Crippen molar-refractivity contribution < 1.29 is 4.79 Å². The molecule has 0 spiro atoms. The lowest BCUT2D eigenvalue weighted by atomic mass is 10.0. The second-order valence-electron chi connectivity index (χ2n) is 5.29. The molecule has 0 saturated carbocycles. The zero-order valence-corrected chi connectivity index (χ0v) is 12.8. The molecular weight excluding hydrogens is 260 g/mol. The average Bonchev–Trinajstić information content (AvgIpc) is 2.30. The van der Waals surface area contributed by atoms with Gasteiger partial charge in [0.15, 0.2) is 0 Å². The summed E-state index contributed by atoms with van der Waals surface area (Å²) in [5.74, 6) is 0.591. The Balaban J connectivity index is 0.00000324. The van der Waals surface area contributed by atoms with Gasteiger partial charge in [-0.3, -0.25) is 4.79 Å². The molecule has 0 saturated heterocycles. The Labute approximate surface area is 122 Å². The fraction of sp³-hybridized carbons (Fsp3) is 0.533. The van der Waals surface area contributed by atoms with Crippen molar-refractivity contribution in [2.75, 3.05) is 6.54 Å². The third kappa shape index (κ3) is 7.19. The number of benzene rings is 1. The average molecular weight is 285 g/mol. The molecule has 0 bridgehead atoms. The van der Waals surface area contributed by atoms with Gasteiger partial charge in [-0.25, -0.2) is 0 Å². The molecule has 0 aliphatic heterocycles. The number of amides is 1. The van der Waals surface area contributed by atoms with Crippen LogP contribution in [0.1, 0.15) is 31.4 Å². The molecule has 4 heteroatoms. The number of halogens is 1. The summed E-state index contributed by atoms with van der Waals surface area (Å²) in [5.41, 5.74) is 7.92. The van der Waals surface area contributed by atoms with Gasteiger partial charge in [-0.1, -0.05) is 43.7 Å². The van der Waals surface area contributed by atoms with Crippen LogP contribution in [0.5, 0.6) is 0 Å². The van der Waals surface area contributed by atoms with E-state index in [4.69, 9.17) is 5.73 Å². The molecule has 0 aliphatic carbocycles. The van der Waals surface area contributed by atoms with Crippen LogP contribution in [-0.4, -0.2) is 18.5 Å². The molecule has 1 aromatic rings. The van der Waals surface area contributed by atoms with Crippen LogP contribution in [0.15, 0.2) is 24.3 Å². The molecule has 3 nitrogen and oxygen atoms in total. The summed E-state index contributed by atoms with van der Waals surface area (Å²) in [4.78, 5) is 11.9. The minimum Gasteiger partial charge on any atom is -0.352 e. The van der Waals surface area contributed by atoms with Gasteiger partial charge in [0.05, 0.1) is 6.42 Å². The SMILES string of the molecule is Cc1ccc(CC(=O)NC(CN)CC(C)C)cc1.Cl. The van der Waals surface area contributed by atoms with Crippen molar-refractivity contribution in [3.05, 3.63) is 35.4 Å². The van der Waals surface area contributed by atoms with Gasteiger partial charge in [0.1, 0.15) is 0 Å². The second-order valence-corrected chi connectivity index (χ2v) is 5.29. The van der Waals surface area contributed by atoms with Crippen molar-refractivity contribution in [2.45, 2.75) is 39.7 Å². The monoisotopic (exact) mass is 284 g/mol. The summed E-state index contributed by atoms with van der Waals surface area (Å²) >= 11 is 0. The van der Waals surface area contributed by atoms with Crippen molar-refractivity contribution in [3.63, 3.8) is 0 Å². The molecule has 1 unspecified atom stereocenters. The molecule has 0 radical (unpaired) electrons. The summed E-state index contributed by atoms with van der Waals surface area (Å²) in [7, 11) is 0. The zero-order chi connectivity index (χ0) is 13.5. The number of hydrogen-bond acceptors (Lipinski definition) is 2. The normalized spacial score (nSPS) is 11.8. The Morgan fingerprint density at radius 3 is 2.32 bits per heavy atom. The Kier molecular flexibility index (Phi) is 8.44. The summed E-state index contributed by atoms with van der Waals surface area (Å²) in [6.45, 7) is 6.80. The predicted octanol–water partition coefficient (Wildman–Crippen LogP) is 2.45. The summed E-state index contributed by atoms with van der Waals surface area (Å²) in [6.07, 6.45) is 1.35. The van der Waals surface area contributed by atoms with Gasteiger partial charge in [-0.05, 0) is 24.8 Å². The van der Waals surface area contributed by atoms with Crippen molar-refractivity contribution in [1.82, 2.24) is 5.32 Å². The van der Waals surface area contributed by atoms with Crippen LogP contribution in [0.3, 0.4) is 0 Å². The van der Waals surface area contributed by atoms with Gasteiger partial charge in [0, 0.05) is 12.6 Å². The highest BCUT2D eigenvalue weighted by atomic mass is 35.5. The fourth-order valence-corrected chi connectivity index (χ4v) is 1.95. The van der Waals surface area contributed by atoms with Crippen LogP contribution in [0.25, 0.3) is 0 Å². The summed E-state index contributed by atoms with van der Waals surface area (Å²) in [5, 5.41) is 3.00. The largest absolute Gasteiger partial charge is 0.352 e. The second kappa shape index (κ2) is 8.94. The molecule has 3 N–H and O–H groups in total. The van der Waals surface area contributed by atoms with Gasteiger partial charge >= 0.3 is 0 Å². The highest BCUT2D eigenvalue weighted by molar-refractivity contribution is 5.85. The lowest BCUT2D eigenvalue weighted by Crippen LogP contribution is -2.41. The van der Waals surface area contributed by atoms with Gasteiger partial charge in [-0.15, -0.1) is 12.4 Å². The van der Waals surface area contributed by atoms with E-state index in [-0.39, 0.29) is 24.4 Å². The number of nitrogens with two attached hydrogens (primary N) is 1. The highest BCUT2D eigenvalue weighted by Gasteiger charge is 2.12. The maximum atomic E-state index is 11.9. The molecule has 0 aliphatic rings. The molecule has 19 heavy (non-hydrogen) atoms. The van der Waals surface area contributed by atoms with Crippen LogP contribution in [-0.2, 0) is 11.2 Å². The molecule has 1 aromatic carbocycles. The summed E-state index contributed by atoms with van der Waals surface area (Å²) < 4.78 is 0. The number of carbonyl (C=O) groups is 1. The van der Waals surface area contributed by atoms with Crippen molar-refractivity contribution in [3.8, 4) is 0 Å². The first kappa shape index (κ1) is 17.9. The predicted molar refractivity (Wildman–Crippen MR) is 82.6 cm³/mol. The van der Waals surface area contributed by atoms with Gasteiger partial charge in [0.25, 0.3) is 0 Å². The number of rotatable bonds is 6. The smallest absolute Gasteiger partial charge is 0.224 e. The molecule has 1 amide bonds. The molecule has 0 heterocycles. The molecule has 0 aromatic heterocycles. The number of nitrogens with one attached hydrogen (secondary N) is 1. The van der Waals surface area contributed by atoms with Crippen LogP contribution in [0.4, 0.5) is 0 Å². The third-order valence-electron chi connectivity index (χ3n) is 2.89. The van der Waals surface area contributed by atoms with Crippen molar-refractivity contribution in [2.24, 2.45) is 11.7 Å². The Morgan fingerprint density at radius 2 is 1.84 bits per heavy atom. The van der Waals surface area contributed by atoms with E-state index in [0.29, 0.717) is 18.9 Å². The van der Waals surface area contributed by atoms with Gasteiger partial charge < -0.3 is 11.1 Å². The lowest BCUT2D eigenvalue weighted by Gasteiger charge is -2.18. The third-order valence-corrected chi connectivity index (χ3v) is 2.89. The first-order valence-corrected chi connectivity index (χ1v) is 6.56.